The second-order valence-electron chi connectivity index (χ2n) is 4.47. The summed E-state index contributed by atoms with van der Waals surface area (Å²) in [6, 6.07) is -0.816. The van der Waals surface area contributed by atoms with Gasteiger partial charge in [0.1, 0.15) is 6.04 Å². The minimum atomic E-state index is -1.02. The van der Waals surface area contributed by atoms with Crippen LogP contribution in [0.3, 0.4) is 0 Å². The molecule has 0 bridgehead atoms. The lowest BCUT2D eigenvalue weighted by Crippen LogP contribution is -2.31. The smallest absolute Gasteiger partial charge is 0.321 e. The summed E-state index contributed by atoms with van der Waals surface area (Å²) in [7, 11) is 0. The number of thiol groups is 1. The molecule has 24 heavy (non-hydrogen) atoms. The minimum absolute atomic E-state index is 0.108. The van der Waals surface area contributed by atoms with Gasteiger partial charge in [-0.1, -0.05) is 0 Å². The molecule has 0 aromatic rings. The van der Waals surface area contributed by atoms with Gasteiger partial charge in [0.2, 0.25) is 0 Å². The first-order chi connectivity index (χ1) is 11.1. The van der Waals surface area contributed by atoms with Gasteiger partial charge in [0.15, 0.2) is 0 Å². The van der Waals surface area contributed by atoms with E-state index in [1.54, 1.807) is 0 Å². The van der Waals surface area contributed by atoms with Crippen LogP contribution in [0.15, 0.2) is 0 Å². The quantitative estimate of drug-likeness (QED) is 0.198. The molecule has 5 N–H and O–H groups in total. The van der Waals surface area contributed by atoms with Gasteiger partial charge < -0.3 is 25.8 Å². The summed E-state index contributed by atoms with van der Waals surface area (Å²) in [5.41, 5.74) is 4.94. The fraction of sp³-hybridized carbons (Fsp3) is 0.615. The van der Waals surface area contributed by atoms with E-state index in [1.807, 2.05) is 0 Å². The summed E-state index contributed by atoms with van der Waals surface area (Å²) >= 11 is 3.65. The van der Waals surface area contributed by atoms with Crippen LogP contribution in [0.4, 0.5) is 0 Å². The molecule has 0 amide bonds. The van der Waals surface area contributed by atoms with Gasteiger partial charge in [0.05, 0.1) is 0 Å². The average molecular weight is 367 g/mol. The summed E-state index contributed by atoms with van der Waals surface area (Å²) in [4.78, 5) is 52.0. The Kier molecular flexibility index (Phi) is 14.5. The highest BCUT2D eigenvalue weighted by atomic mass is 32.1. The summed E-state index contributed by atoms with van der Waals surface area (Å²) < 4.78 is 4.35. The van der Waals surface area contributed by atoms with Crippen molar-refractivity contribution < 1.29 is 44.0 Å². The zero-order valence-corrected chi connectivity index (χ0v) is 13.7. The zero-order valence-electron chi connectivity index (χ0n) is 12.8. The molecule has 0 radical (unpaired) electrons. The van der Waals surface area contributed by atoms with Crippen LogP contribution >= 0.6 is 12.6 Å². The van der Waals surface area contributed by atoms with Crippen molar-refractivity contribution in [1.82, 2.24) is 0 Å². The Hall–Kier alpha value is -2.14. The first-order valence-electron chi connectivity index (χ1n) is 6.86. The van der Waals surface area contributed by atoms with Crippen molar-refractivity contribution in [2.24, 2.45) is 5.73 Å². The predicted octanol–water partition coefficient (Wildman–Crippen LogP) is -0.106. The number of nitrogens with two attached hydrogens (primary N) is 1. The lowest BCUT2D eigenvalue weighted by molar-refractivity contribution is -0.159. The highest BCUT2D eigenvalue weighted by molar-refractivity contribution is 7.80. The van der Waals surface area contributed by atoms with E-state index in [0.29, 0.717) is 0 Å². The van der Waals surface area contributed by atoms with Crippen LogP contribution in [-0.2, 0) is 28.7 Å². The van der Waals surface area contributed by atoms with Crippen molar-refractivity contribution >= 4 is 42.5 Å². The normalized spacial score (nSPS) is 10.8. The summed E-state index contributed by atoms with van der Waals surface area (Å²) in [6.07, 6.45) is -0.397. The molecule has 0 saturated heterocycles. The van der Waals surface area contributed by atoms with Crippen LogP contribution in [0.5, 0.6) is 0 Å². The summed E-state index contributed by atoms with van der Waals surface area (Å²) in [5, 5.41) is 24.6. The predicted molar refractivity (Wildman–Crippen MR) is 83.5 cm³/mol. The van der Waals surface area contributed by atoms with Crippen LogP contribution in [0.25, 0.3) is 0 Å². The Morgan fingerprint density at radius 3 is 1.42 bits per heavy atom. The molecule has 0 fully saturated rings. The molecule has 1 atom stereocenters. The van der Waals surface area contributed by atoms with Gasteiger partial charge in [-0.2, -0.15) is 12.6 Å². The molecule has 0 rings (SSSR count). The molecule has 0 aromatic heterocycles. The van der Waals surface area contributed by atoms with Gasteiger partial charge in [-0.05, 0) is 12.8 Å². The van der Waals surface area contributed by atoms with Gasteiger partial charge >= 0.3 is 29.8 Å². The third-order valence-electron chi connectivity index (χ3n) is 2.28. The maximum atomic E-state index is 11.0. The number of rotatable bonds is 10. The fourth-order valence-corrected chi connectivity index (χ4v) is 1.23. The Bertz CT molecular complexity index is 423. The molecule has 1 unspecified atom stereocenters. The van der Waals surface area contributed by atoms with E-state index in [4.69, 9.17) is 21.1 Å². The zero-order chi connectivity index (χ0) is 19.1. The molecule has 0 aliphatic rings. The number of carboxylic acids is 3. The summed E-state index contributed by atoms with van der Waals surface area (Å²) in [5.74, 6) is -4.43. The Morgan fingerprint density at radius 2 is 1.21 bits per heavy atom. The molecule has 138 valence electrons. The second kappa shape index (κ2) is 14.5. The van der Waals surface area contributed by atoms with Gasteiger partial charge in [-0.3, -0.25) is 24.0 Å². The minimum Gasteiger partial charge on any atom is -0.481 e. The van der Waals surface area contributed by atoms with E-state index in [1.165, 1.54) is 0 Å². The summed E-state index contributed by atoms with van der Waals surface area (Å²) in [6.45, 7) is 0. The van der Waals surface area contributed by atoms with Crippen molar-refractivity contribution in [3.63, 3.8) is 0 Å². The molecular formula is C13H21NO9S. The van der Waals surface area contributed by atoms with E-state index < -0.39 is 35.9 Å². The molecule has 11 heteroatoms. The van der Waals surface area contributed by atoms with Crippen LogP contribution < -0.4 is 5.73 Å². The van der Waals surface area contributed by atoms with E-state index in [-0.39, 0.29) is 44.3 Å². The Labute approximate surface area is 143 Å². The van der Waals surface area contributed by atoms with Crippen LogP contribution in [-0.4, -0.2) is 57.0 Å². The van der Waals surface area contributed by atoms with Crippen molar-refractivity contribution in [1.29, 1.82) is 0 Å². The number of carboxylic acid groups (broad SMARTS) is 3. The van der Waals surface area contributed by atoms with Crippen molar-refractivity contribution in [2.45, 2.75) is 44.6 Å². The standard InChI is InChI=1S/C10H14O7.C3H7NO2S/c11-7(12)3-1-5-9(15)17-10(16)6-2-4-8(13)14;4-2(1-7)3(5)6/h1-6H2,(H,11,12)(H,13,14);2,7H,1,4H2,(H,5,6). The molecule has 0 spiro atoms. The largest absolute Gasteiger partial charge is 0.481 e. The third kappa shape index (κ3) is 17.9. The molecular weight excluding hydrogens is 346 g/mol. The maximum Gasteiger partial charge on any atom is 0.321 e. The average Bonchev–Trinajstić information content (AvgIpc) is 2.45. The van der Waals surface area contributed by atoms with Crippen LogP contribution in [0.2, 0.25) is 0 Å². The molecule has 0 aromatic carbocycles. The van der Waals surface area contributed by atoms with E-state index in [9.17, 15) is 24.0 Å². The van der Waals surface area contributed by atoms with Gasteiger partial charge in [-0.15, -0.1) is 0 Å². The lowest BCUT2D eigenvalue weighted by atomic mass is 10.2. The topological polar surface area (TPSA) is 181 Å². The highest BCUT2D eigenvalue weighted by Gasteiger charge is 2.11. The SMILES string of the molecule is NC(CS)C(=O)O.O=C(O)CCCC(=O)OC(=O)CCCC(=O)O. The second-order valence-corrected chi connectivity index (χ2v) is 4.83. The number of hydrogen-bond acceptors (Lipinski definition) is 8. The van der Waals surface area contributed by atoms with Crippen molar-refractivity contribution in [3.05, 3.63) is 0 Å². The number of esters is 2. The number of hydrogen-bond donors (Lipinski definition) is 5. The number of aliphatic carboxylic acids is 3. The molecule has 0 heterocycles. The Balaban J connectivity index is 0. The monoisotopic (exact) mass is 367 g/mol. The van der Waals surface area contributed by atoms with Crippen LogP contribution in [0.1, 0.15) is 38.5 Å². The number of ether oxygens (including phenoxy) is 1. The third-order valence-corrected chi connectivity index (χ3v) is 2.68. The van der Waals surface area contributed by atoms with E-state index in [2.05, 4.69) is 17.4 Å². The van der Waals surface area contributed by atoms with E-state index >= 15 is 0 Å². The maximum absolute atomic E-state index is 11.0. The number of carbonyl (C=O) groups excluding carboxylic acids is 2. The molecule has 10 nitrogen and oxygen atoms in total. The van der Waals surface area contributed by atoms with Gasteiger partial charge in [0.25, 0.3) is 0 Å². The van der Waals surface area contributed by atoms with Crippen molar-refractivity contribution in [2.75, 3.05) is 5.75 Å². The Morgan fingerprint density at radius 1 is 0.833 bits per heavy atom. The highest BCUT2D eigenvalue weighted by Crippen LogP contribution is 2.02. The molecule has 0 aliphatic carbocycles. The fourth-order valence-electron chi connectivity index (χ4n) is 1.08. The molecule has 0 saturated carbocycles. The van der Waals surface area contributed by atoms with Gasteiger partial charge in [0, 0.05) is 31.4 Å². The van der Waals surface area contributed by atoms with Crippen LogP contribution in [0, 0.1) is 0 Å². The lowest BCUT2D eigenvalue weighted by Gasteiger charge is -2.01. The van der Waals surface area contributed by atoms with Crippen molar-refractivity contribution in [3.8, 4) is 0 Å². The first-order valence-corrected chi connectivity index (χ1v) is 7.49. The van der Waals surface area contributed by atoms with Gasteiger partial charge in [-0.25, -0.2) is 0 Å². The molecule has 0 aliphatic heterocycles. The number of carbonyl (C=O) groups is 5. The first kappa shape index (κ1) is 24.1. The van der Waals surface area contributed by atoms with E-state index in [0.717, 1.165) is 0 Å².